The molecule has 0 radical (unpaired) electrons. The van der Waals surface area contributed by atoms with Crippen molar-refractivity contribution in [2.45, 2.75) is 64.3 Å². The molecule has 0 aliphatic carbocycles. The lowest BCUT2D eigenvalue weighted by Gasteiger charge is -2.21. The van der Waals surface area contributed by atoms with Gasteiger partial charge in [0.2, 0.25) is 5.91 Å². The third kappa shape index (κ3) is 6.20. The van der Waals surface area contributed by atoms with Crippen molar-refractivity contribution in [3.8, 4) is 5.75 Å². The molecule has 1 amide bonds. The second-order valence-electron chi connectivity index (χ2n) is 6.68. The van der Waals surface area contributed by atoms with Crippen LogP contribution in [0.2, 0.25) is 0 Å². The highest BCUT2D eigenvalue weighted by molar-refractivity contribution is 7.97. The van der Waals surface area contributed by atoms with E-state index in [0.717, 1.165) is 16.2 Å². The van der Waals surface area contributed by atoms with Crippen molar-refractivity contribution in [1.82, 2.24) is 14.1 Å². The molecule has 0 fully saturated rings. The second-order valence-corrected chi connectivity index (χ2v) is 7.71. The van der Waals surface area contributed by atoms with Crippen molar-refractivity contribution in [3.63, 3.8) is 0 Å². The molecule has 0 saturated carbocycles. The summed E-state index contributed by atoms with van der Waals surface area (Å²) in [5, 5.41) is 14.2. The van der Waals surface area contributed by atoms with Crippen molar-refractivity contribution in [3.05, 3.63) is 41.7 Å². The topological polar surface area (TPSA) is 67.6 Å². The van der Waals surface area contributed by atoms with E-state index < -0.39 is 12.2 Å². The predicted molar refractivity (Wildman–Crippen MR) is 103 cm³/mol. The van der Waals surface area contributed by atoms with Gasteiger partial charge in [0.25, 0.3) is 0 Å². The number of hydrogen-bond donors (Lipinski definition) is 1. The molecule has 1 aliphatic rings. The summed E-state index contributed by atoms with van der Waals surface area (Å²) < 4.78 is 30.3. The Labute approximate surface area is 167 Å². The van der Waals surface area contributed by atoms with Gasteiger partial charge in [-0.05, 0) is 38.1 Å². The first-order valence-electron chi connectivity index (χ1n) is 9.00. The molecule has 1 aromatic heterocycles. The summed E-state index contributed by atoms with van der Waals surface area (Å²) in [7, 11) is 0. The van der Waals surface area contributed by atoms with E-state index in [1.165, 1.54) is 24.1 Å². The summed E-state index contributed by atoms with van der Waals surface area (Å²) >= 11 is 1.34. The fourth-order valence-corrected chi connectivity index (χ4v) is 3.42. The number of carbonyl (C=O) groups is 1. The number of rotatable bonds is 6. The highest BCUT2D eigenvalue weighted by atomic mass is 32.2. The van der Waals surface area contributed by atoms with Crippen LogP contribution < -0.4 is 4.74 Å². The molecule has 1 N–H and O–H groups in total. The highest BCUT2D eigenvalue weighted by Gasteiger charge is 2.29. The lowest BCUT2D eigenvalue weighted by atomic mass is 10.1. The van der Waals surface area contributed by atoms with Crippen molar-refractivity contribution < 1.29 is 23.4 Å². The van der Waals surface area contributed by atoms with Crippen LogP contribution in [0, 0.1) is 0 Å². The molecule has 6 nitrogen and oxygen atoms in total. The molecule has 154 valence electrons. The number of benzene rings is 1. The first-order chi connectivity index (χ1) is 13.2. The molecule has 0 saturated heterocycles. The van der Waals surface area contributed by atoms with Crippen molar-refractivity contribution in [2.75, 3.05) is 0 Å². The van der Waals surface area contributed by atoms with E-state index in [2.05, 4.69) is 9.84 Å². The molecule has 0 unspecified atom stereocenters. The van der Waals surface area contributed by atoms with Gasteiger partial charge < -0.3 is 14.7 Å². The fraction of sp³-hybridized carbons (Fsp3) is 0.474. The highest BCUT2D eigenvalue weighted by Crippen LogP contribution is 2.28. The zero-order valence-corrected chi connectivity index (χ0v) is 17.2. The van der Waals surface area contributed by atoms with Crippen LogP contribution in [0.5, 0.6) is 5.75 Å². The number of halogens is 2. The Kier molecular flexibility index (Phi) is 7.42. The van der Waals surface area contributed by atoms with Crippen LogP contribution in [0.15, 0.2) is 35.4 Å². The third-order valence-corrected chi connectivity index (χ3v) is 4.60. The molecular weight excluding hydrogens is 388 g/mol. The lowest BCUT2D eigenvalue weighted by molar-refractivity contribution is -0.136. The second kappa shape index (κ2) is 9.38. The number of carbonyl (C=O) groups excluding carboxylic acids is 1. The third-order valence-electron chi connectivity index (χ3n) is 3.74. The largest absolute Gasteiger partial charge is 0.435 e. The van der Waals surface area contributed by atoms with Crippen LogP contribution in [0.1, 0.15) is 45.4 Å². The van der Waals surface area contributed by atoms with Crippen LogP contribution in [0.4, 0.5) is 8.78 Å². The molecule has 2 aromatic rings. The molecule has 1 aliphatic heterocycles. The van der Waals surface area contributed by atoms with Crippen LogP contribution in [0.25, 0.3) is 0 Å². The molecule has 0 atom stereocenters. The van der Waals surface area contributed by atoms with E-state index in [9.17, 15) is 18.7 Å². The van der Waals surface area contributed by atoms with E-state index >= 15 is 0 Å². The zero-order chi connectivity index (χ0) is 20.9. The maximum Gasteiger partial charge on any atom is 0.387 e. The Bertz CT molecular complexity index is 765. The first-order valence-corrected chi connectivity index (χ1v) is 9.78. The Morgan fingerprint density at radius 2 is 1.93 bits per heavy atom. The number of ether oxygens (including phenoxy) is 1. The molecule has 2 heterocycles. The van der Waals surface area contributed by atoms with Gasteiger partial charge in [0.15, 0.2) is 0 Å². The number of aliphatic hydroxyl groups is 1. The number of nitrogens with zero attached hydrogens (tertiary/aromatic N) is 3. The Hall–Kier alpha value is -2.13. The number of alkyl halides is 2. The quantitative estimate of drug-likeness (QED) is 0.773. The van der Waals surface area contributed by atoms with Gasteiger partial charge in [0.05, 0.1) is 24.3 Å². The molecule has 0 spiro atoms. The van der Waals surface area contributed by atoms with Crippen LogP contribution in [-0.4, -0.2) is 37.3 Å². The standard InChI is InChI=1S/C17H19F2N3O3S.C2H6/c1-17(2,24)7-15(23)21-8-11-9-22(20-14(11)10-21)26-13-5-3-12(4-6-13)25-16(18)19;1-2/h3-6,9,16,24H,7-8,10H2,1-2H3;1-2H3. The van der Waals surface area contributed by atoms with E-state index in [4.69, 9.17) is 0 Å². The van der Waals surface area contributed by atoms with Crippen molar-refractivity contribution in [1.29, 1.82) is 0 Å². The Morgan fingerprint density at radius 3 is 2.46 bits per heavy atom. The van der Waals surface area contributed by atoms with Crippen LogP contribution >= 0.6 is 11.9 Å². The predicted octanol–water partition coefficient (Wildman–Crippen LogP) is 4.07. The summed E-state index contributed by atoms with van der Waals surface area (Å²) in [5.74, 6) is -0.00223. The summed E-state index contributed by atoms with van der Waals surface area (Å²) in [4.78, 5) is 14.7. The number of hydrogen-bond acceptors (Lipinski definition) is 5. The summed E-state index contributed by atoms with van der Waals surface area (Å²) in [5.41, 5.74) is 0.742. The molecule has 0 bridgehead atoms. The minimum Gasteiger partial charge on any atom is -0.435 e. The minimum atomic E-state index is -2.84. The monoisotopic (exact) mass is 413 g/mol. The van der Waals surface area contributed by atoms with Gasteiger partial charge in [-0.25, -0.2) is 4.09 Å². The van der Waals surface area contributed by atoms with E-state index in [-0.39, 0.29) is 18.1 Å². The molecule has 28 heavy (non-hydrogen) atoms. The molecule has 1 aromatic carbocycles. The van der Waals surface area contributed by atoms with Gasteiger partial charge in [0, 0.05) is 35.1 Å². The maximum atomic E-state index is 12.2. The van der Waals surface area contributed by atoms with Crippen molar-refractivity contribution >= 4 is 17.9 Å². The first kappa shape index (κ1) is 22.2. The van der Waals surface area contributed by atoms with Crippen molar-refractivity contribution in [2.24, 2.45) is 0 Å². The average Bonchev–Trinajstić information content (AvgIpc) is 3.15. The van der Waals surface area contributed by atoms with E-state index in [1.54, 1.807) is 35.0 Å². The van der Waals surface area contributed by atoms with Gasteiger partial charge in [-0.3, -0.25) is 4.79 Å². The lowest BCUT2D eigenvalue weighted by Crippen LogP contribution is -2.33. The number of aromatic nitrogens is 2. The molecular formula is C19H25F2N3O3S. The number of fused-ring (bicyclic) bond motifs is 1. The zero-order valence-electron chi connectivity index (χ0n) is 16.4. The van der Waals surface area contributed by atoms with Gasteiger partial charge in [0.1, 0.15) is 5.75 Å². The normalized spacial score (nSPS) is 13.2. The Balaban J connectivity index is 0.00000136. The summed E-state index contributed by atoms with van der Waals surface area (Å²) in [6.45, 7) is 5.25. The number of amides is 1. The Morgan fingerprint density at radius 1 is 1.29 bits per heavy atom. The van der Waals surface area contributed by atoms with Gasteiger partial charge in [-0.2, -0.15) is 13.9 Å². The van der Waals surface area contributed by atoms with Gasteiger partial charge in [-0.1, -0.05) is 13.8 Å². The van der Waals surface area contributed by atoms with E-state index in [1.807, 2.05) is 20.0 Å². The SMILES string of the molecule is CC.CC(C)(O)CC(=O)N1Cc2cn(Sc3ccc(OC(F)F)cc3)nc2C1. The van der Waals surface area contributed by atoms with Crippen LogP contribution in [-0.2, 0) is 17.9 Å². The fourth-order valence-electron chi connectivity index (χ4n) is 2.62. The molecule has 9 heteroatoms. The smallest absolute Gasteiger partial charge is 0.387 e. The maximum absolute atomic E-state index is 12.2. The average molecular weight is 413 g/mol. The van der Waals surface area contributed by atoms with Gasteiger partial charge in [-0.15, -0.1) is 0 Å². The van der Waals surface area contributed by atoms with E-state index in [0.29, 0.717) is 13.1 Å². The summed E-state index contributed by atoms with van der Waals surface area (Å²) in [6, 6.07) is 6.30. The molecule has 3 rings (SSSR count). The minimum absolute atomic E-state index is 0.0685. The van der Waals surface area contributed by atoms with Gasteiger partial charge >= 0.3 is 6.61 Å². The summed E-state index contributed by atoms with van der Waals surface area (Å²) in [6.07, 6.45) is 1.92. The van der Waals surface area contributed by atoms with Crippen LogP contribution in [0.3, 0.4) is 0 Å².